The van der Waals surface area contributed by atoms with Crippen molar-refractivity contribution in [3.05, 3.63) is 71.8 Å². The molecule has 3 aromatic carbocycles. The predicted molar refractivity (Wildman–Crippen MR) is 135 cm³/mol. The molecule has 0 spiro atoms. The molecule has 1 aromatic heterocycles. The Morgan fingerprint density at radius 2 is 1.67 bits per heavy atom. The maximum atomic E-state index is 12.9. The summed E-state index contributed by atoms with van der Waals surface area (Å²) >= 11 is -0.969. The van der Waals surface area contributed by atoms with E-state index in [-0.39, 0.29) is 12.0 Å². The van der Waals surface area contributed by atoms with Gasteiger partial charge < -0.3 is 19.2 Å². The first-order valence-electron chi connectivity index (χ1n) is 11.4. The van der Waals surface area contributed by atoms with Gasteiger partial charge in [-0.05, 0) is 93.0 Å². The van der Waals surface area contributed by atoms with Gasteiger partial charge in [0, 0.05) is 40.5 Å². The third-order valence-electron chi connectivity index (χ3n) is 5.69. The Kier molecular flexibility index (Phi) is 6.96. The number of aromatic nitrogens is 1. The van der Waals surface area contributed by atoms with E-state index in [1.54, 1.807) is 0 Å². The zero-order valence-electron chi connectivity index (χ0n) is 19.6. The molecule has 0 fully saturated rings. The second kappa shape index (κ2) is 9.89. The second-order valence-corrected chi connectivity index (χ2v) is 10.0. The van der Waals surface area contributed by atoms with Gasteiger partial charge in [-0.2, -0.15) is 0 Å². The van der Waals surface area contributed by atoms with Gasteiger partial charge in [-0.1, -0.05) is 12.1 Å². The van der Waals surface area contributed by atoms with Gasteiger partial charge >= 0.3 is 0 Å². The van der Waals surface area contributed by atoms with Crippen molar-refractivity contribution < 1.29 is 14.1 Å². The Bertz CT molecular complexity index is 1280. The SMILES string of the molecule is CCn1c2ccc(OC(C)C)cc2c2cc(C(=O)NCc3ccc([S+]([O-])CC)cc3)ccc21. The van der Waals surface area contributed by atoms with Crippen LogP contribution in [0.5, 0.6) is 5.75 Å². The summed E-state index contributed by atoms with van der Waals surface area (Å²) in [6.45, 7) is 9.31. The van der Waals surface area contributed by atoms with Crippen molar-refractivity contribution in [1.82, 2.24) is 9.88 Å². The van der Waals surface area contributed by atoms with Crippen LogP contribution in [0.4, 0.5) is 0 Å². The number of carbonyl (C=O) groups excluding carboxylic acids is 1. The molecule has 5 nitrogen and oxygen atoms in total. The van der Waals surface area contributed by atoms with Crippen LogP contribution in [0, 0.1) is 0 Å². The van der Waals surface area contributed by atoms with Crippen molar-refractivity contribution in [3.8, 4) is 5.75 Å². The van der Waals surface area contributed by atoms with Crippen LogP contribution in [0.2, 0.25) is 0 Å². The van der Waals surface area contributed by atoms with E-state index in [4.69, 9.17) is 4.74 Å². The Balaban J connectivity index is 1.59. The molecule has 0 aliphatic carbocycles. The summed E-state index contributed by atoms with van der Waals surface area (Å²) in [6.07, 6.45) is 0.0966. The summed E-state index contributed by atoms with van der Waals surface area (Å²) in [7, 11) is 0. The third kappa shape index (κ3) is 4.87. The first kappa shape index (κ1) is 23.2. The van der Waals surface area contributed by atoms with E-state index < -0.39 is 11.2 Å². The van der Waals surface area contributed by atoms with Crippen LogP contribution in [0.25, 0.3) is 21.8 Å². The molecular weight excluding hydrogens is 432 g/mol. The van der Waals surface area contributed by atoms with Gasteiger partial charge in [0.2, 0.25) is 0 Å². The lowest BCUT2D eigenvalue weighted by atomic mass is 10.1. The molecule has 0 saturated carbocycles. The monoisotopic (exact) mass is 462 g/mol. The molecule has 1 heterocycles. The van der Waals surface area contributed by atoms with Gasteiger partial charge in [0.15, 0.2) is 4.90 Å². The largest absolute Gasteiger partial charge is 0.611 e. The number of fused-ring (bicyclic) bond motifs is 3. The fourth-order valence-corrected chi connectivity index (χ4v) is 4.89. The Morgan fingerprint density at radius 3 is 2.30 bits per heavy atom. The van der Waals surface area contributed by atoms with Crippen molar-refractivity contribution in [1.29, 1.82) is 0 Å². The van der Waals surface area contributed by atoms with E-state index in [1.807, 2.05) is 69.3 Å². The number of ether oxygens (including phenoxy) is 1. The molecule has 6 heteroatoms. The highest BCUT2D eigenvalue weighted by Crippen LogP contribution is 2.32. The molecule has 1 amide bonds. The van der Waals surface area contributed by atoms with Gasteiger partial charge in [-0.3, -0.25) is 4.79 Å². The number of hydrogen-bond acceptors (Lipinski definition) is 3. The number of amides is 1. The molecule has 1 unspecified atom stereocenters. The van der Waals surface area contributed by atoms with Gasteiger partial charge in [0.25, 0.3) is 5.91 Å². The van der Waals surface area contributed by atoms with Crippen molar-refractivity contribution in [2.45, 2.75) is 51.8 Å². The normalized spacial score (nSPS) is 12.4. The van der Waals surface area contributed by atoms with Crippen LogP contribution in [0.15, 0.2) is 65.6 Å². The summed E-state index contributed by atoms with van der Waals surface area (Å²) in [6, 6.07) is 19.6. The molecule has 0 aliphatic heterocycles. The minimum atomic E-state index is -0.969. The van der Waals surface area contributed by atoms with Crippen LogP contribution in [0.1, 0.15) is 43.6 Å². The quantitative estimate of drug-likeness (QED) is 0.344. The lowest BCUT2D eigenvalue weighted by Crippen LogP contribution is -2.22. The first-order valence-corrected chi connectivity index (χ1v) is 12.7. The number of nitrogens with one attached hydrogen (secondary N) is 1. The topological polar surface area (TPSA) is 66.3 Å². The minimum absolute atomic E-state index is 0.0966. The van der Waals surface area contributed by atoms with Gasteiger partial charge in [0.05, 0.1) is 6.10 Å². The summed E-state index contributed by atoms with van der Waals surface area (Å²) in [5.41, 5.74) is 3.83. The van der Waals surface area contributed by atoms with E-state index in [2.05, 4.69) is 28.9 Å². The summed E-state index contributed by atoms with van der Waals surface area (Å²) in [5.74, 6) is 1.30. The number of carbonyl (C=O) groups is 1. The van der Waals surface area contributed by atoms with Gasteiger partial charge in [0.1, 0.15) is 11.5 Å². The molecule has 0 radical (unpaired) electrons. The Morgan fingerprint density at radius 1 is 1.00 bits per heavy atom. The number of hydrogen-bond donors (Lipinski definition) is 1. The van der Waals surface area contributed by atoms with E-state index >= 15 is 0 Å². The van der Waals surface area contributed by atoms with Crippen molar-refractivity contribution in [2.24, 2.45) is 0 Å². The minimum Gasteiger partial charge on any atom is -0.611 e. The predicted octanol–water partition coefficient (Wildman–Crippen LogP) is 5.66. The highest BCUT2D eigenvalue weighted by atomic mass is 32.2. The average molecular weight is 463 g/mol. The summed E-state index contributed by atoms with van der Waals surface area (Å²) in [4.78, 5) is 13.7. The fourth-order valence-electron chi connectivity index (χ4n) is 4.12. The standard InChI is InChI=1S/C27H30N2O3S/c1-5-29-25-13-9-20(15-23(25)24-16-21(32-18(3)4)10-14-26(24)29)27(30)28-17-19-7-11-22(12-8-19)33(31)6-2/h7-16,18H,5-6,17H2,1-4H3,(H,28,30). The highest BCUT2D eigenvalue weighted by molar-refractivity contribution is 7.91. The maximum absolute atomic E-state index is 12.9. The van der Waals surface area contributed by atoms with E-state index in [0.29, 0.717) is 17.9 Å². The summed E-state index contributed by atoms with van der Waals surface area (Å²) in [5, 5.41) is 5.13. The Labute approximate surface area is 197 Å². The van der Waals surface area contributed by atoms with E-state index in [1.165, 1.54) is 0 Å². The molecule has 4 rings (SSSR count). The molecule has 0 saturated heterocycles. The summed E-state index contributed by atoms with van der Waals surface area (Å²) < 4.78 is 20.1. The maximum Gasteiger partial charge on any atom is 0.251 e. The fraction of sp³-hybridized carbons (Fsp3) is 0.296. The van der Waals surface area contributed by atoms with Crippen LogP contribution in [-0.4, -0.2) is 26.9 Å². The van der Waals surface area contributed by atoms with Crippen molar-refractivity contribution in [2.75, 3.05) is 5.75 Å². The van der Waals surface area contributed by atoms with Gasteiger partial charge in [-0.25, -0.2) is 0 Å². The molecular formula is C27H30N2O3S. The van der Waals surface area contributed by atoms with E-state index in [0.717, 1.165) is 44.6 Å². The second-order valence-electron chi connectivity index (χ2n) is 8.28. The number of benzene rings is 3. The van der Waals surface area contributed by atoms with Crippen LogP contribution in [0.3, 0.4) is 0 Å². The van der Waals surface area contributed by atoms with Crippen molar-refractivity contribution in [3.63, 3.8) is 0 Å². The lowest BCUT2D eigenvalue weighted by molar-refractivity contribution is 0.0951. The number of rotatable bonds is 8. The molecule has 1 N–H and O–H groups in total. The first-order chi connectivity index (χ1) is 15.9. The average Bonchev–Trinajstić information content (AvgIpc) is 3.14. The molecule has 4 aromatic rings. The molecule has 33 heavy (non-hydrogen) atoms. The van der Waals surface area contributed by atoms with E-state index in [9.17, 15) is 9.35 Å². The third-order valence-corrected chi connectivity index (χ3v) is 7.01. The molecule has 1 atom stereocenters. The number of nitrogens with zero attached hydrogens (tertiary/aromatic N) is 1. The van der Waals surface area contributed by atoms with Gasteiger partial charge in [-0.15, -0.1) is 0 Å². The lowest BCUT2D eigenvalue weighted by Gasteiger charge is -2.10. The van der Waals surface area contributed by atoms with Crippen molar-refractivity contribution >= 4 is 38.9 Å². The molecule has 0 bridgehead atoms. The molecule has 0 aliphatic rings. The van der Waals surface area contributed by atoms with Crippen LogP contribution in [-0.2, 0) is 24.3 Å². The van der Waals surface area contributed by atoms with Crippen LogP contribution < -0.4 is 10.1 Å². The Hall–Kier alpha value is -2.96. The zero-order valence-corrected chi connectivity index (χ0v) is 20.4. The smallest absolute Gasteiger partial charge is 0.251 e. The zero-order chi connectivity index (χ0) is 23.5. The number of aryl methyl sites for hydroxylation is 1. The highest BCUT2D eigenvalue weighted by Gasteiger charge is 2.14. The van der Waals surface area contributed by atoms with Crippen LogP contribution >= 0.6 is 0 Å². The molecule has 172 valence electrons.